The van der Waals surface area contributed by atoms with Gasteiger partial charge in [0.25, 0.3) is 5.91 Å². The molecule has 5 heteroatoms. The van der Waals surface area contributed by atoms with E-state index in [2.05, 4.69) is 0 Å². The van der Waals surface area contributed by atoms with Crippen LogP contribution in [0, 0.1) is 6.92 Å². The first-order valence-corrected chi connectivity index (χ1v) is 9.18. The minimum Gasteiger partial charge on any atom is -0.308 e. The number of para-hydroxylation sites is 1. The summed E-state index contributed by atoms with van der Waals surface area (Å²) in [6, 6.07) is 15.6. The highest BCUT2D eigenvalue weighted by atomic mass is 32.2. The molecule has 1 aliphatic heterocycles. The fourth-order valence-corrected chi connectivity index (χ4v) is 4.01. The number of aryl methyl sites for hydroxylation is 1. The van der Waals surface area contributed by atoms with Gasteiger partial charge in [-0.25, -0.2) is 0 Å². The third-order valence-corrected chi connectivity index (χ3v) is 5.57. The summed E-state index contributed by atoms with van der Waals surface area (Å²) in [5.74, 6) is -0.784. The molecule has 130 valence electrons. The molecule has 0 radical (unpaired) electrons. The Morgan fingerprint density at radius 1 is 1.04 bits per heavy atom. The summed E-state index contributed by atoms with van der Waals surface area (Å²) >= 11 is 1.46. The SMILES string of the molecule is Cc1ccc(C2Sc3ccccc3N(CCN(C)C)C(=O)C2=O)cc1. The molecule has 0 bridgehead atoms. The molecule has 1 unspecified atom stereocenters. The summed E-state index contributed by atoms with van der Waals surface area (Å²) in [4.78, 5) is 30.4. The summed E-state index contributed by atoms with van der Waals surface area (Å²) in [5, 5.41) is -0.501. The highest BCUT2D eigenvalue weighted by molar-refractivity contribution is 8.00. The van der Waals surface area contributed by atoms with Crippen molar-refractivity contribution in [3.63, 3.8) is 0 Å². The Kier molecular flexibility index (Phi) is 5.25. The van der Waals surface area contributed by atoms with Crippen LogP contribution in [0.5, 0.6) is 0 Å². The fourth-order valence-electron chi connectivity index (χ4n) is 2.80. The molecular weight excluding hydrogens is 332 g/mol. The van der Waals surface area contributed by atoms with Crippen molar-refractivity contribution in [3.8, 4) is 0 Å². The summed E-state index contributed by atoms with van der Waals surface area (Å²) in [6.45, 7) is 3.21. The van der Waals surface area contributed by atoms with E-state index in [4.69, 9.17) is 0 Å². The van der Waals surface area contributed by atoms with Gasteiger partial charge in [-0.15, -0.1) is 11.8 Å². The smallest absolute Gasteiger partial charge is 0.296 e. The van der Waals surface area contributed by atoms with Crippen molar-refractivity contribution >= 4 is 29.1 Å². The number of likely N-dealkylation sites (N-methyl/N-ethyl adjacent to an activating group) is 1. The van der Waals surface area contributed by atoms with Crippen LogP contribution in [0.15, 0.2) is 53.4 Å². The lowest BCUT2D eigenvalue weighted by Gasteiger charge is -2.23. The highest BCUT2D eigenvalue weighted by Crippen LogP contribution is 2.43. The molecule has 4 nitrogen and oxygen atoms in total. The largest absolute Gasteiger partial charge is 0.308 e. The number of carbonyl (C=O) groups is 2. The van der Waals surface area contributed by atoms with E-state index in [0.717, 1.165) is 21.7 Å². The first-order valence-electron chi connectivity index (χ1n) is 8.30. The lowest BCUT2D eigenvalue weighted by Crippen LogP contribution is -2.41. The number of benzene rings is 2. The van der Waals surface area contributed by atoms with E-state index in [1.54, 1.807) is 4.90 Å². The molecule has 0 aliphatic carbocycles. The van der Waals surface area contributed by atoms with Crippen LogP contribution >= 0.6 is 11.8 Å². The molecule has 0 fully saturated rings. The van der Waals surface area contributed by atoms with Crippen LogP contribution in [0.1, 0.15) is 16.4 Å². The van der Waals surface area contributed by atoms with E-state index in [-0.39, 0.29) is 5.78 Å². The number of anilines is 1. The minimum atomic E-state index is -0.501. The normalized spacial score (nSPS) is 17.6. The van der Waals surface area contributed by atoms with Crippen molar-refractivity contribution in [2.45, 2.75) is 17.1 Å². The van der Waals surface area contributed by atoms with Gasteiger partial charge in [-0.2, -0.15) is 0 Å². The Balaban J connectivity index is 2.01. The standard InChI is InChI=1S/C20H22N2O2S/c1-14-8-10-15(11-9-14)19-18(23)20(24)22(13-12-21(2)3)16-6-4-5-7-17(16)25-19/h4-11,19H,12-13H2,1-3H3. The van der Waals surface area contributed by atoms with Crippen molar-refractivity contribution in [2.24, 2.45) is 0 Å². The zero-order chi connectivity index (χ0) is 18.0. The number of carbonyl (C=O) groups excluding carboxylic acids is 2. The van der Waals surface area contributed by atoms with Crippen molar-refractivity contribution in [2.75, 3.05) is 32.1 Å². The number of hydrogen-bond donors (Lipinski definition) is 0. The molecule has 0 aromatic heterocycles. The molecule has 0 spiro atoms. The van der Waals surface area contributed by atoms with Gasteiger partial charge >= 0.3 is 0 Å². The van der Waals surface area contributed by atoms with Gasteiger partial charge in [0.15, 0.2) is 0 Å². The first kappa shape index (κ1) is 17.7. The third kappa shape index (κ3) is 3.78. The van der Waals surface area contributed by atoms with Gasteiger partial charge in [0.1, 0.15) is 5.25 Å². The summed E-state index contributed by atoms with van der Waals surface area (Å²) in [7, 11) is 3.92. The van der Waals surface area contributed by atoms with E-state index in [9.17, 15) is 9.59 Å². The zero-order valence-electron chi connectivity index (χ0n) is 14.7. The fraction of sp³-hybridized carbons (Fsp3) is 0.300. The van der Waals surface area contributed by atoms with Gasteiger partial charge in [0.05, 0.1) is 5.69 Å². The zero-order valence-corrected chi connectivity index (χ0v) is 15.5. The second kappa shape index (κ2) is 7.42. The Hall–Kier alpha value is -2.11. The topological polar surface area (TPSA) is 40.6 Å². The minimum absolute atomic E-state index is 0.358. The molecule has 1 aliphatic rings. The van der Waals surface area contributed by atoms with E-state index < -0.39 is 11.2 Å². The molecule has 0 saturated carbocycles. The number of Topliss-reactive ketones (excluding diaryl/α,β-unsaturated/α-hetero) is 1. The lowest BCUT2D eigenvalue weighted by molar-refractivity contribution is -0.136. The molecule has 0 N–H and O–H groups in total. The number of ketones is 1. The molecule has 3 rings (SSSR count). The summed E-state index contributed by atoms with van der Waals surface area (Å²) in [5.41, 5.74) is 2.83. The monoisotopic (exact) mass is 354 g/mol. The molecule has 0 saturated heterocycles. The maximum atomic E-state index is 12.9. The van der Waals surface area contributed by atoms with Crippen LogP contribution in [0.25, 0.3) is 0 Å². The number of rotatable bonds is 4. The number of nitrogens with zero attached hydrogens (tertiary/aromatic N) is 2. The van der Waals surface area contributed by atoms with Crippen LogP contribution in [0.4, 0.5) is 5.69 Å². The molecule has 1 amide bonds. The maximum absolute atomic E-state index is 12.9. The van der Waals surface area contributed by atoms with Crippen molar-refractivity contribution < 1.29 is 9.59 Å². The van der Waals surface area contributed by atoms with Gasteiger partial charge in [0, 0.05) is 18.0 Å². The van der Waals surface area contributed by atoms with Crippen molar-refractivity contribution in [3.05, 3.63) is 59.7 Å². The predicted molar refractivity (Wildman–Crippen MR) is 102 cm³/mol. The van der Waals surface area contributed by atoms with Crippen molar-refractivity contribution in [1.82, 2.24) is 4.90 Å². The van der Waals surface area contributed by atoms with Crippen LogP contribution in [0.3, 0.4) is 0 Å². The first-order chi connectivity index (χ1) is 12.0. The second-order valence-electron chi connectivity index (χ2n) is 6.50. The summed E-state index contributed by atoms with van der Waals surface area (Å²) < 4.78 is 0. The van der Waals surface area contributed by atoms with Gasteiger partial charge in [-0.3, -0.25) is 9.59 Å². The van der Waals surface area contributed by atoms with E-state index in [1.807, 2.05) is 74.4 Å². The second-order valence-corrected chi connectivity index (χ2v) is 7.65. The van der Waals surface area contributed by atoms with Gasteiger partial charge in [0.2, 0.25) is 5.78 Å². The maximum Gasteiger partial charge on any atom is 0.296 e. The average molecular weight is 354 g/mol. The van der Waals surface area contributed by atoms with E-state index in [1.165, 1.54) is 11.8 Å². The Morgan fingerprint density at radius 2 is 1.72 bits per heavy atom. The Labute approximate surface area is 152 Å². The highest BCUT2D eigenvalue weighted by Gasteiger charge is 2.36. The predicted octanol–water partition coefficient (Wildman–Crippen LogP) is 3.31. The number of thioether (sulfide) groups is 1. The lowest BCUT2D eigenvalue weighted by atomic mass is 10.1. The van der Waals surface area contributed by atoms with Crippen LogP contribution in [-0.4, -0.2) is 43.8 Å². The molecule has 2 aromatic carbocycles. The number of hydrogen-bond acceptors (Lipinski definition) is 4. The van der Waals surface area contributed by atoms with Crippen LogP contribution < -0.4 is 4.90 Å². The molecule has 2 aromatic rings. The molecule has 25 heavy (non-hydrogen) atoms. The average Bonchev–Trinajstić information content (AvgIpc) is 2.70. The third-order valence-electron chi connectivity index (χ3n) is 4.25. The molecule has 1 heterocycles. The molecular formula is C20H22N2O2S. The molecule has 1 atom stereocenters. The summed E-state index contributed by atoms with van der Waals surface area (Å²) in [6.07, 6.45) is 0. The quantitative estimate of drug-likeness (QED) is 0.790. The number of amides is 1. The van der Waals surface area contributed by atoms with Gasteiger partial charge < -0.3 is 9.80 Å². The van der Waals surface area contributed by atoms with Crippen molar-refractivity contribution in [1.29, 1.82) is 0 Å². The Bertz CT molecular complexity index is 787. The van der Waals surface area contributed by atoms with Crippen LogP contribution in [0.2, 0.25) is 0 Å². The van der Waals surface area contributed by atoms with Gasteiger partial charge in [-0.05, 0) is 38.7 Å². The van der Waals surface area contributed by atoms with Crippen LogP contribution in [-0.2, 0) is 9.59 Å². The van der Waals surface area contributed by atoms with E-state index in [0.29, 0.717) is 13.1 Å². The van der Waals surface area contributed by atoms with Gasteiger partial charge in [-0.1, -0.05) is 42.0 Å². The van der Waals surface area contributed by atoms with E-state index >= 15 is 0 Å². The number of fused-ring (bicyclic) bond motifs is 1. The Morgan fingerprint density at radius 3 is 2.40 bits per heavy atom.